The summed E-state index contributed by atoms with van der Waals surface area (Å²) >= 11 is 0. The smallest absolute Gasteiger partial charge is 0.410 e. The lowest BCUT2D eigenvalue weighted by atomic mass is 10.1. The number of hydrogen-bond acceptors (Lipinski definition) is 3. The van der Waals surface area contributed by atoms with Gasteiger partial charge in [-0.05, 0) is 27.2 Å². The van der Waals surface area contributed by atoms with Gasteiger partial charge in [0.15, 0.2) is 11.4 Å². The maximum absolute atomic E-state index is 11.3. The minimum Gasteiger partial charge on any atom is -0.435 e. The van der Waals surface area contributed by atoms with Crippen LogP contribution < -0.4 is 0 Å². The molecule has 1 rings (SSSR count). The predicted octanol–water partition coefficient (Wildman–Crippen LogP) is 1.20. The normalized spacial score (nSPS) is 16.4. The van der Waals surface area contributed by atoms with E-state index >= 15 is 0 Å². The largest absolute Gasteiger partial charge is 0.435 e. The first-order valence-electron chi connectivity index (χ1n) is 4.42. The van der Waals surface area contributed by atoms with Gasteiger partial charge < -0.3 is 9.64 Å². The van der Waals surface area contributed by atoms with Crippen LogP contribution in [0.4, 0.5) is 4.79 Å². The van der Waals surface area contributed by atoms with Gasteiger partial charge in [-0.3, -0.25) is 4.79 Å². The molecule has 4 nitrogen and oxygen atoms in total. The van der Waals surface area contributed by atoms with Gasteiger partial charge >= 0.3 is 6.09 Å². The number of likely N-dealkylation sites (tertiary alicyclic amines) is 1. The van der Waals surface area contributed by atoms with E-state index in [4.69, 9.17) is 4.74 Å². The number of carbonyl (C=O) groups excluding carboxylic acids is 2. The lowest BCUT2D eigenvalue weighted by molar-refractivity contribution is -0.133. The molecule has 1 aliphatic rings. The molecular weight excluding hydrogens is 170 g/mol. The van der Waals surface area contributed by atoms with Crippen LogP contribution in [0.5, 0.6) is 0 Å². The zero-order chi connectivity index (χ0) is 10.1. The van der Waals surface area contributed by atoms with Crippen LogP contribution in [0, 0.1) is 0 Å². The molecule has 1 amide bonds. The predicted molar refractivity (Wildman–Crippen MR) is 47.4 cm³/mol. The van der Waals surface area contributed by atoms with Crippen molar-refractivity contribution in [1.82, 2.24) is 4.90 Å². The van der Waals surface area contributed by atoms with Crippen LogP contribution in [-0.4, -0.2) is 35.5 Å². The zero-order valence-corrected chi connectivity index (χ0v) is 8.29. The molecule has 0 unspecified atom stereocenters. The van der Waals surface area contributed by atoms with Crippen LogP contribution in [0.25, 0.3) is 0 Å². The van der Waals surface area contributed by atoms with Gasteiger partial charge in [-0.25, -0.2) is 4.79 Å². The molecule has 4 heteroatoms. The summed E-state index contributed by atoms with van der Waals surface area (Å²) in [7, 11) is 0. The Bertz CT molecular complexity index is 231. The van der Waals surface area contributed by atoms with Gasteiger partial charge in [-0.1, -0.05) is 0 Å². The van der Waals surface area contributed by atoms with Crippen molar-refractivity contribution < 1.29 is 14.3 Å². The molecular formula is C9H15NO3. The molecule has 1 heterocycles. The average molecular weight is 185 g/mol. The minimum absolute atomic E-state index is 0.138. The van der Waals surface area contributed by atoms with Crippen LogP contribution in [0.3, 0.4) is 0 Å². The third-order valence-electron chi connectivity index (χ3n) is 2.30. The van der Waals surface area contributed by atoms with E-state index in [0.717, 1.165) is 19.5 Å². The molecule has 0 saturated carbocycles. The van der Waals surface area contributed by atoms with Gasteiger partial charge in [0.2, 0.25) is 0 Å². The van der Waals surface area contributed by atoms with Gasteiger partial charge in [-0.2, -0.15) is 0 Å². The second kappa shape index (κ2) is 3.36. The Morgan fingerprint density at radius 2 is 1.85 bits per heavy atom. The Morgan fingerprint density at radius 3 is 2.15 bits per heavy atom. The molecule has 13 heavy (non-hydrogen) atoms. The van der Waals surface area contributed by atoms with E-state index < -0.39 is 5.60 Å². The first-order chi connectivity index (χ1) is 5.93. The molecule has 1 fully saturated rings. The number of ketones is 1. The molecule has 0 bridgehead atoms. The third kappa shape index (κ3) is 2.20. The molecule has 0 aliphatic carbocycles. The quantitative estimate of drug-likeness (QED) is 0.649. The van der Waals surface area contributed by atoms with E-state index in [1.165, 1.54) is 6.92 Å². The SMILES string of the molecule is CC(=O)C(C)(C)OC(=O)N1CCC1. The van der Waals surface area contributed by atoms with Crippen LogP contribution in [0.1, 0.15) is 27.2 Å². The van der Waals surface area contributed by atoms with Crippen molar-refractivity contribution in [2.45, 2.75) is 32.8 Å². The van der Waals surface area contributed by atoms with Gasteiger partial charge in [0.05, 0.1) is 0 Å². The van der Waals surface area contributed by atoms with Crippen molar-refractivity contribution in [3.8, 4) is 0 Å². The molecule has 1 aliphatic heterocycles. The molecule has 1 saturated heterocycles. The van der Waals surface area contributed by atoms with Crippen LogP contribution in [-0.2, 0) is 9.53 Å². The van der Waals surface area contributed by atoms with Crippen molar-refractivity contribution in [1.29, 1.82) is 0 Å². The van der Waals surface area contributed by atoms with Crippen molar-refractivity contribution in [3.63, 3.8) is 0 Å². The highest BCUT2D eigenvalue weighted by atomic mass is 16.6. The molecule has 0 N–H and O–H groups in total. The van der Waals surface area contributed by atoms with Gasteiger partial charge in [0.1, 0.15) is 0 Å². The first kappa shape index (κ1) is 10.0. The fourth-order valence-corrected chi connectivity index (χ4v) is 0.853. The zero-order valence-electron chi connectivity index (χ0n) is 8.29. The van der Waals surface area contributed by atoms with Crippen LogP contribution >= 0.6 is 0 Å². The molecule has 0 aromatic carbocycles. The summed E-state index contributed by atoms with van der Waals surface area (Å²) in [6, 6.07) is 0. The molecule has 0 radical (unpaired) electrons. The van der Waals surface area contributed by atoms with Crippen molar-refractivity contribution in [2.24, 2.45) is 0 Å². The van der Waals surface area contributed by atoms with E-state index in [1.54, 1.807) is 18.7 Å². The molecule has 0 aromatic rings. The number of ether oxygens (including phenoxy) is 1. The van der Waals surface area contributed by atoms with Crippen LogP contribution in [0.15, 0.2) is 0 Å². The topological polar surface area (TPSA) is 46.6 Å². The van der Waals surface area contributed by atoms with Gasteiger partial charge in [0, 0.05) is 13.1 Å². The van der Waals surface area contributed by atoms with Crippen molar-refractivity contribution in [2.75, 3.05) is 13.1 Å². The Balaban J connectivity index is 2.46. The number of rotatable bonds is 2. The lowest BCUT2D eigenvalue weighted by Crippen LogP contribution is -2.47. The summed E-state index contributed by atoms with van der Waals surface area (Å²) in [6.45, 7) is 6.11. The number of nitrogens with zero attached hydrogens (tertiary/aromatic N) is 1. The molecule has 74 valence electrons. The van der Waals surface area contributed by atoms with E-state index in [0.29, 0.717) is 0 Å². The lowest BCUT2D eigenvalue weighted by Gasteiger charge is -2.33. The second-order valence-electron chi connectivity index (χ2n) is 3.78. The summed E-state index contributed by atoms with van der Waals surface area (Å²) in [6.07, 6.45) is 0.640. The highest BCUT2D eigenvalue weighted by Crippen LogP contribution is 2.15. The maximum atomic E-state index is 11.3. The fraction of sp³-hybridized carbons (Fsp3) is 0.778. The summed E-state index contributed by atoms with van der Waals surface area (Å²) in [5.41, 5.74) is -0.993. The monoisotopic (exact) mass is 185 g/mol. The van der Waals surface area contributed by atoms with Crippen molar-refractivity contribution >= 4 is 11.9 Å². The Hall–Kier alpha value is -1.06. The van der Waals surface area contributed by atoms with Gasteiger partial charge in [-0.15, -0.1) is 0 Å². The Labute approximate surface area is 77.8 Å². The third-order valence-corrected chi connectivity index (χ3v) is 2.30. The Morgan fingerprint density at radius 1 is 1.31 bits per heavy atom. The standard InChI is InChI=1S/C9H15NO3/c1-7(11)9(2,3)13-8(12)10-5-4-6-10/h4-6H2,1-3H3. The average Bonchev–Trinajstić information content (AvgIpc) is 1.80. The number of amides is 1. The first-order valence-corrected chi connectivity index (χ1v) is 4.42. The molecule has 0 aromatic heterocycles. The number of hydrogen-bond donors (Lipinski definition) is 0. The second-order valence-corrected chi connectivity index (χ2v) is 3.78. The van der Waals surface area contributed by atoms with E-state index in [1.807, 2.05) is 0 Å². The van der Waals surface area contributed by atoms with Crippen LogP contribution in [0.2, 0.25) is 0 Å². The van der Waals surface area contributed by atoms with Crippen molar-refractivity contribution in [3.05, 3.63) is 0 Å². The minimum atomic E-state index is -0.993. The highest BCUT2D eigenvalue weighted by molar-refractivity contribution is 5.86. The summed E-state index contributed by atoms with van der Waals surface area (Å²) < 4.78 is 5.04. The molecule has 0 spiro atoms. The maximum Gasteiger partial charge on any atom is 0.410 e. The fourth-order valence-electron chi connectivity index (χ4n) is 0.853. The summed E-state index contributed by atoms with van der Waals surface area (Å²) in [5, 5.41) is 0. The van der Waals surface area contributed by atoms with E-state index in [2.05, 4.69) is 0 Å². The van der Waals surface area contributed by atoms with E-state index in [-0.39, 0.29) is 11.9 Å². The summed E-state index contributed by atoms with van der Waals surface area (Å²) in [4.78, 5) is 23.9. The Kier molecular flexibility index (Phi) is 2.59. The number of carbonyl (C=O) groups is 2. The number of Topliss-reactive ketones (excluding diaryl/α,β-unsaturated/α-hetero) is 1. The highest BCUT2D eigenvalue weighted by Gasteiger charge is 2.32. The van der Waals surface area contributed by atoms with Gasteiger partial charge in [0.25, 0.3) is 0 Å². The summed E-state index contributed by atoms with van der Waals surface area (Å²) in [5.74, 6) is -0.138. The molecule has 0 atom stereocenters. The van der Waals surface area contributed by atoms with E-state index in [9.17, 15) is 9.59 Å².